The Bertz CT molecular complexity index is 1390. The number of para-hydroxylation sites is 1. The van der Waals surface area contributed by atoms with Crippen LogP contribution in [0.15, 0.2) is 36.9 Å². The number of Topliss-reactive ketones (excluding diaryl/α,β-unsaturated/α-hetero) is 1. The number of carbonyl (C=O) groups is 3. The molecule has 0 radical (unpaired) electrons. The van der Waals surface area contributed by atoms with Gasteiger partial charge in [0.25, 0.3) is 0 Å². The molecule has 6 rings (SSSR count). The van der Waals surface area contributed by atoms with E-state index in [2.05, 4.69) is 73.2 Å². The zero-order chi connectivity index (χ0) is 34.4. The number of amides is 1. The Morgan fingerprint density at radius 2 is 1.62 bits per heavy atom. The van der Waals surface area contributed by atoms with Gasteiger partial charge in [0.2, 0.25) is 5.91 Å². The summed E-state index contributed by atoms with van der Waals surface area (Å²) in [6.45, 7) is 21.3. The van der Waals surface area contributed by atoms with Crippen molar-refractivity contribution in [1.29, 1.82) is 0 Å². The van der Waals surface area contributed by atoms with Gasteiger partial charge in [-0.2, -0.15) is 0 Å². The number of aliphatic hydroxyl groups excluding tert-OH is 1. The Morgan fingerprint density at radius 1 is 0.979 bits per heavy atom. The molecule has 2 bridgehead atoms. The molecule has 1 amide bonds. The molecule has 5 fully saturated rings. The molecule has 1 N–H and O–H groups in total. The van der Waals surface area contributed by atoms with Gasteiger partial charge in [-0.25, -0.2) is 0 Å². The molecule has 2 heterocycles. The number of ketones is 1. The van der Waals surface area contributed by atoms with E-state index >= 15 is 0 Å². The van der Waals surface area contributed by atoms with Crippen molar-refractivity contribution in [3.63, 3.8) is 0 Å². The van der Waals surface area contributed by atoms with Crippen LogP contribution in [0.3, 0.4) is 0 Å². The standard InChI is InChI=1S/C39H58N4O5/c1-7-37(5)24-32(38(6)28(3)12-14-39(29(4)36(37)47)15-13-31(44)35(38)39)48-34(46)26-41-18-22-43(23-19-41)33(45)25-40-16-20-42(21-17-40)30-11-9-8-10-27(30)2/h7-11,28-29,32,35-36,47H,1,12-26H2,2-6H3/t28-,29+,32-,35+,36+,37-,38+,39+/m1/s1. The smallest absolute Gasteiger partial charge is 0.320 e. The van der Waals surface area contributed by atoms with Crippen LogP contribution in [-0.4, -0.2) is 115 Å². The van der Waals surface area contributed by atoms with Gasteiger partial charge >= 0.3 is 5.97 Å². The highest BCUT2D eigenvalue weighted by Gasteiger charge is 2.68. The molecule has 48 heavy (non-hydrogen) atoms. The van der Waals surface area contributed by atoms with Crippen LogP contribution >= 0.6 is 0 Å². The number of aliphatic hydroxyl groups is 1. The third kappa shape index (κ3) is 6.13. The van der Waals surface area contributed by atoms with E-state index < -0.39 is 23.0 Å². The quantitative estimate of drug-likeness (QED) is 0.344. The summed E-state index contributed by atoms with van der Waals surface area (Å²) in [5, 5.41) is 11.8. The number of hydrogen-bond donors (Lipinski definition) is 1. The average Bonchev–Trinajstić information content (AvgIpc) is 3.43. The lowest BCUT2D eigenvalue weighted by Crippen LogP contribution is -2.63. The van der Waals surface area contributed by atoms with Gasteiger partial charge in [0.05, 0.1) is 19.2 Å². The molecule has 5 aliphatic rings. The first-order valence-corrected chi connectivity index (χ1v) is 18.4. The first kappa shape index (κ1) is 35.1. The van der Waals surface area contributed by atoms with Gasteiger partial charge < -0.3 is 19.6 Å². The van der Waals surface area contributed by atoms with E-state index in [1.165, 1.54) is 11.3 Å². The van der Waals surface area contributed by atoms with Gasteiger partial charge in [0.15, 0.2) is 0 Å². The summed E-state index contributed by atoms with van der Waals surface area (Å²) in [5.41, 5.74) is 1.10. The lowest BCUT2D eigenvalue weighted by Gasteiger charge is -2.61. The molecule has 2 aliphatic heterocycles. The lowest BCUT2D eigenvalue weighted by molar-refractivity contribution is -0.207. The Labute approximate surface area is 287 Å². The van der Waals surface area contributed by atoms with Gasteiger partial charge in [-0.15, -0.1) is 6.58 Å². The highest BCUT2D eigenvalue weighted by molar-refractivity contribution is 5.86. The summed E-state index contributed by atoms with van der Waals surface area (Å²) in [6.07, 6.45) is 4.28. The van der Waals surface area contributed by atoms with Gasteiger partial charge in [-0.3, -0.25) is 24.2 Å². The molecule has 9 nitrogen and oxygen atoms in total. The maximum atomic E-state index is 13.7. The summed E-state index contributed by atoms with van der Waals surface area (Å²) < 4.78 is 6.46. The molecule has 1 aromatic rings. The van der Waals surface area contributed by atoms with E-state index in [4.69, 9.17) is 4.74 Å². The first-order valence-electron chi connectivity index (χ1n) is 18.4. The number of anilines is 1. The van der Waals surface area contributed by atoms with Crippen LogP contribution < -0.4 is 4.90 Å². The average molecular weight is 663 g/mol. The van der Waals surface area contributed by atoms with Crippen molar-refractivity contribution in [2.75, 3.05) is 70.3 Å². The predicted molar refractivity (Wildman–Crippen MR) is 187 cm³/mol. The molecule has 3 aliphatic carbocycles. The maximum Gasteiger partial charge on any atom is 0.320 e. The summed E-state index contributed by atoms with van der Waals surface area (Å²) >= 11 is 0. The molecule has 0 spiro atoms. The number of benzene rings is 1. The second-order valence-corrected chi connectivity index (χ2v) is 16.3. The third-order valence-corrected chi connectivity index (χ3v) is 13.8. The fourth-order valence-corrected chi connectivity index (χ4v) is 10.4. The Hall–Kier alpha value is -2.75. The minimum Gasteiger partial charge on any atom is -0.461 e. The number of aryl methyl sites for hydroxylation is 1. The zero-order valence-electron chi connectivity index (χ0n) is 30.0. The third-order valence-electron chi connectivity index (χ3n) is 13.8. The maximum absolute atomic E-state index is 13.7. The van der Waals surface area contributed by atoms with Crippen LogP contribution in [0, 0.1) is 40.9 Å². The van der Waals surface area contributed by atoms with E-state index in [0.29, 0.717) is 45.6 Å². The molecule has 9 heteroatoms. The fourth-order valence-electron chi connectivity index (χ4n) is 10.4. The van der Waals surface area contributed by atoms with Crippen LogP contribution in [-0.2, 0) is 19.1 Å². The van der Waals surface area contributed by atoms with Gasteiger partial charge in [0, 0.05) is 81.2 Å². The molecule has 2 saturated heterocycles. The largest absolute Gasteiger partial charge is 0.461 e. The number of carbonyl (C=O) groups excluding carboxylic acids is 3. The first-order chi connectivity index (χ1) is 22.8. The van der Waals surface area contributed by atoms with Crippen molar-refractivity contribution in [1.82, 2.24) is 14.7 Å². The molecule has 1 aromatic carbocycles. The minimum atomic E-state index is -0.676. The summed E-state index contributed by atoms with van der Waals surface area (Å²) in [6, 6.07) is 8.46. The molecule has 8 atom stereocenters. The van der Waals surface area contributed by atoms with Crippen LogP contribution in [0.2, 0.25) is 0 Å². The lowest BCUT2D eigenvalue weighted by atomic mass is 9.44. The van der Waals surface area contributed by atoms with E-state index in [0.717, 1.165) is 45.4 Å². The van der Waals surface area contributed by atoms with Gasteiger partial charge in [-0.05, 0) is 61.5 Å². The van der Waals surface area contributed by atoms with Crippen LogP contribution in [0.1, 0.15) is 65.4 Å². The van der Waals surface area contributed by atoms with E-state index in [-0.39, 0.29) is 47.4 Å². The Balaban J connectivity index is 1.05. The number of piperazine rings is 2. The van der Waals surface area contributed by atoms with Crippen LogP contribution in [0.5, 0.6) is 0 Å². The molecule has 0 unspecified atom stereocenters. The molecular formula is C39H58N4O5. The molecule has 0 aromatic heterocycles. The molecule has 3 saturated carbocycles. The molecule has 264 valence electrons. The second-order valence-electron chi connectivity index (χ2n) is 16.3. The van der Waals surface area contributed by atoms with E-state index in [1.54, 1.807) is 0 Å². The van der Waals surface area contributed by atoms with Crippen molar-refractivity contribution in [3.05, 3.63) is 42.5 Å². The Morgan fingerprint density at radius 3 is 2.29 bits per heavy atom. The zero-order valence-corrected chi connectivity index (χ0v) is 30.0. The number of hydrogen-bond acceptors (Lipinski definition) is 8. The van der Waals surface area contributed by atoms with Crippen molar-refractivity contribution < 1.29 is 24.2 Å². The molecular weight excluding hydrogens is 604 g/mol. The highest BCUT2D eigenvalue weighted by atomic mass is 16.5. The van der Waals surface area contributed by atoms with Crippen LogP contribution in [0.4, 0.5) is 5.69 Å². The van der Waals surface area contributed by atoms with Gasteiger partial charge in [-0.1, -0.05) is 52.0 Å². The summed E-state index contributed by atoms with van der Waals surface area (Å²) in [5.74, 6) is 0.0350. The normalized spacial score (nSPS) is 37.8. The van der Waals surface area contributed by atoms with Crippen molar-refractivity contribution in [3.8, 4) is 0 Å². The van der Waals surface area contributed by atoms with E-state index in [1.807, 2.05) is 17.9 Å². The van der Waals surface area contributed by atoms with Crippen molar-refractivity contribution >= 4 is 23.3 Å². The van der Waals surface area contributed by atoms with Crippen molar-refractivity contribution in [2.45, 2.75) is 78.9 Å². The second kappa shape index (κ2) is 13.5. The number of ether oxygens (including phenoxy) is 1. The number of nitrogens with zero attached hydrogens (tertiary/aromatic N) is 4. The predicted octanol–water partition coefficient (Wildman–Crippen LogP) is 4.17. The highest BCUT2D eigenvalue weighted by Crippen LogP contribution is 2.68. The Kier molecular flexibility index (Phi) is 9.88. The topological polar surface area (TPSA) is 93.6 Å². The number of esters is 1. The fraction of sp³-hybridized carbons (Fsp3) is 0.718. The van der Waals surface area contributed by atoms with E-state index in [9.17, 15) is 19.5 Å². The summed E-state index contributed by atoms with van der Waals surface area (Å²) in [4.78, 5) is 49.3. The SMILES string of the molecule is C=C[C@]1(C)C[C@@H](OC(=O)CN2CCN(C(=O)CN3CCN(c4ccccc4C)CC3)CC2)[C@]2(C)[C@H](C)CC[C@]3(CCC(=O)[C@H]32)[C@@H](C)[C@@H]1O. The number of rotatable bonds is 7. The monoisotopic (exact) mass is 662 g/mol. The van der Waals surface area contributed by atoms with Gasteiger partial charge in [0.1, 0.15) is 11.9 Å². The van der Waals surface area contributed by atoms with Crippen molar-refractivity contribution in [2.24, 2.45) is 34.0 Å². The summed E-state index contributed by atoms with van der Waals surface area (Å²) in [7, 11) is 0. The van der Waals surface area contributed by atoms with Crippen LogP contribution in [0.25, 0.3) is 0 Å². The minimum absolute atomic E-state index is 0.0532.